The van der Waals surface area contributed by atoms with Crippen LogP contribution in [0.25, 0.3) is 0 Å². The summed E-state index contributed by atoms with van der Waals surface area (Å²) in [7, 11) is 0. The van der Waals surface area contributed by atoms with Crippen LogP contribution in [0.1, 0.15) is 49.5 Å². The highest BCUT2D eigenvalue weighted by Gasteiger charge is 2.46. The van der Waals surface area contributed by atoms with Crippen LogP contribution in [-0.2, 0) is 14.9 Å². The Hall–Kier alpha value is -1.88. The van der Waals surface area contributed by atoms with Gasteiger partial charge in [0.2, 0.25) is 5.91 Å². The number of rotatable bonds is 6. The number of carbonyl (C=O) groups is 2. The Morgan fingerprint density at radius 2 is 2.15 bits per heavy atom. The average Bonchev–Trinajstić information content (AvgIpc) is 3.38. The van der Waals surface area contributed by atoms with Crippen LogP contribution in [0, 0.1) is 17.8 Å². The maximum atomic E-state index is 11.8. The van der Waals surface area contributed by atoms with Gasteiger partial charge >= 0.3 is 5.97 Å². The molecule has 2 fully saturated rings. The Bertz CT molecular complexity index is 690. The second kappa shape index (κ2) is 7.39. The van der Waals surface area contributed by atoms with E-state index in [-0.39, 0.29) is 23.2 Å². The Kier molecular flexibility index (Phi) is 5.37. The lowest BCUT2D eigenvalue weighted by Crippen LogP contribution is -2.48. The van der Waals surface area contributed by atoms with E-state index in [1.54, 1.807) is 6.07 Å². The van der Waals surface area contributed by atoms with Crippen LogP contribution in [0.15, 0.2) is 24.3 Å². The molecule has 5 nitrogen and oxygen atoms in total. The summed E-state index contributed by atoms with van der Waals surface area (Å²) in [5.74, 6) is 0.601. The first-order valence-electron chi connectivity index (χ1n) is 9.64. The monoisotopic (exact) mass is 358 g/mol. The van der Waals surface area contributed by atoms with Gasteiger partial charge in [-0.15, -0.1) is 0 Å². The van der Waals surface area contributed by atoms with Crippen LogP contribution in [-0.4, -0.2) is 43.0 Å². The molecule has 0 aromatic heterocycles. The van der Waals surface area contributed by atoms with Crippen LogP contribution < -0.4 is 5.73 Å². The van der Waals surface area contributed by atoms with Crippen LogP contribution >= 0.6 is 0 Å². The van der Waals surface area contributed by atoms with Crippen LogP contribution in [0.3, 0.4) is 0 Å². The Morgan fingerprint density at radius 1 is 1.38 bits per heavy atom. The molecule has 3 rings (SSSR count). The number of likely N-dealkylation sites (tertiary alicyclic amines) is 1. The van der Waals surface area contributed by atoms with Crippen molar-refractivity contribution in [3.05, 3.63) is 35.4 Å². The number of nitrogens with zero attached hydrogens (tertiary/aromatic N) is 1. The zero-order valence-corrected chi connectivity index (χ0v) is 16.0. The number of nitrogens with two attached hydrogens (primary N) is 1. The topological polar surface area (TPSA) is 72.6 Å². The van der Waals surface area contributed by atoms with E-state index in [0.29, 0.717) is 24.0 Å². The van der Waals surface area contributed by atoms with Crippen molar-refractivity contribution >= 4 is 11.9 Å². The summed E-state index contributed by atoms with van der Waals surface area (Å²) in [5.41, 5.74) is 7.25. The molecule has 1 heterocycles. The third-order valence-corrected chi connectivity index (χ3v) is 6.38. The third kappa shape index (κ3) is 3.78. The van der Waals surface area contributed by atoms with Crippen molar-refractivity contribution in [2.75, 3.05) is 26.2 Å². The molecular weight excluding hydrogens is 328 g/mol. The molecule has 0 radical (unpaired) electrons. The maximum Gasteiger partial charge on any atom is 0.309 e. The molecule has 1 aliphatic carbocycles. The van der Waals surface area contributed by atoms with Crippen molar-refractivity contribution in [1.29, 1.82) is 0 Å². The number of hydrogen-bond acceptors (Lipinski definition) is 4. The van der Waals surface area contributed by atoms with Crippen molar-refractivity contribution < 1.29 is 14.3 Å². The fourth-order valence-electron chi connectivity index (χ4n) is 4.26. The number of piperidine rings is 1. The molecule has 1 aliphatic heterocycles. The Labute approximate surface area is 155 Å². The van der Waals surface area contributed by atoms with Crippen LogP contribution in [0.4, 0.5) is 0 Å². The molecule has 2 N–H and O–H groups in total. The van der Waals surface area contributed by atoms with Crippen LogP contribution in [0.2, 0.25) is 0 Å². The van der Waals surface area contributed by atoms with Gasteiger partial charge in [0.1, 0.15) is 0 Å². The van der Waals surface area contributed by atoms with Gasteiger partial charge in [-0.3, -0.25) is 9.59 Å². The highest BCUT2D eigenvalue weighted by molar-refractivity contribution is 5.92. The summed E-state index contributed by atoms with van der Waals surface area (Å²) in [5, 5.41) is 0. The second-order valence-electron chi connectivity index (χ2n) is 8.13. The minimum absolute atomic E-state index is 0.0318. The Balaban J connectivity index is 1.61. The van der Waals surface area contributed by atoms with Crippen molar-refractivity contribution in [1.82, 2.24) is 4.90 Å². The molecule has 5 heteroatoms. The molecule has 4 atom stereocenters. The smallest absolute Gasteiger partial charge is 0.309 e. The normalized spacial score (nSPS) is 31.4. The predicted molar refractivity (Wildman–Crippen MR) is 101 cm³/mol. The van der Waals surface area contributed by atoms with Gasteiger partial charge in [0, 0.05) is 18.7 Å². The van der Waals surface area contributed by atoms with Crippen LogP contribution in [0.5, 0.6) is 0 Å². The predicted octanol–water partition coefficient (Wildman–Crippen LogP) is 2.58. The third-order valence-electron chi connectivity index (χ3n) is 6.38. The van der Waals surface area contributed by atoms with Gasteiger partial charge in [-0.1, -0.05) is 26.0 Å². The number of primary amides is 1. The van der Waals surface area contributed by atoms with Gasteiger partial charge in [-0.2, -0.15) is 0 Å². The van der Waals surface area contributed by atoms with Crippen molar-refractivity contribution in [3.8, 4) is 0 Å². The van der Waals surface area contributed by atoms with E-state index in [2.05, 4.69) is 24.8 Å². The molecule has 142 valence electrons. The van der Waals surface area contributed by atoms with Crippen molar-refractivity contribution in [2.24, 2.45) is 23.5 Å². The number of benzene rings is 1. The van der Waals surface area contributed by atoms with Gasteiger partial charge < -0.3 is 15.4 Å². The fraction of sp³-hybridized carbons (Fsp3) is 0.619. The van der Waals surface area contributed by atoms with E-state index in [0.717, 1.165) is 32.5 Å². The molecule has 4 unspecified atom stereocenters. The first-order valence-corrected chi connectivity index (χ1v) is 9.64. The molecule has 2 aliphatic rings. The molecule has 1 saturated carbocycles. The van der Waals surface area contributed by atoms with E-state index in [1.807, 2.05) is 19.1 Å². The van der Waals surface area contributed by atoms with Crippen molar-refractivity contribution in [3.63, 3.8) is 0 Å². The molecule has 26 heavy (non-hydrogen) atoms. The lowest BCUT2D eigenvalue weighted by molar-refractivity contribution is -0.145. The summed E-state index contributed by atoms with van der Waals surface area (Å²) in [6.45, 7) is 9.87. The van der Waals surface area contributed by atoms with Gasteiger partial charge in [0.05, 0.1) is 12.5 Å². The lowest BCUT2D eigenvalue weighted by Gasteiger charge is -2.45. The first kappa shape index (κ1) is 18.9. The number of esters is 1. The zero-order chi connectivity index (χ0) is 18.9. The molecule has 0 spiro atoms. The highest BCUT2D eigenvalue weighted by Crippen LogP contribution is 2.43. The maximum absolute atomic E-state index is 11.8. The summed E-state index contributed by atoms with van der Waals surface area (Å²) >= 11 is 0. The number of carbonyl (C=O) groups excluding carboxylic acids is 2. The van der Waals surface area contributed by atoms with E-state index < -0.39 is 0 Å². The van der Waals surface area contributed by atoms with Gasteiger partial charge in [-0.05, 0) is 61.3 Å². The standard InChI is InChI=1S/C21H30N2O3/c1-4-26-20(25)18-11-16(18)13-23-9-8-21(3,14(2)12-23)17-7-5-6-15(10-17)19(22)24/h5-7,10,14,16,18H,4,8-9,11-13H2,1-3H3,(H2,22,24). The summed E-state index contributed by atoms with van der Waals surface area (Å²) in [6.07, 6.45) is 1.99. The summed E-state index contributed by atoms with van der Waals surface area (Å²) in [4.78, 5) is 25.8. The molecular formula is C21H30N2O3. The second-order valence-corrected chi connectivity index (χ2v) is 8.13. The molecule has 1 aromatic carbocycles. The minimum atomic E-state index is -0.376. The summed E-state index contributed by atoms with van der Waals surface area (Å²) < 4.78 is 5.13. The van der Waals surface area contributed by atoms with E-state index in [1.165, 1.54) is 5.56 Å². The van der Waals surface area contributed by atoms with Crippen molar-refractivity contribution in [2.45, 2.75) is 39.0 Å². The minimum Gasteiger partial charge on any atom is -0.466 e. The largest absolute Gasteiger partial charge is 0.466 e. The highest BCUT2D eigenvalue weighted by atomic mass is 16.5. The summed E-state index contributed by atoms with van der Waals surface area (Å²) in [6, 6.07) is 7.76. The van der Waals surface area contributed by atoms with E-state index >= 15 is 0 Å². The quantitative estimate of drug-likeness (QED) is 0.794. The van der Waals surface area contributed by atoms with E-state index in [9.17, 15) is 9.59 Å². The number of amides is 1. The van der Waals surface area contributed by atoms with Gasteiger partial charge in [-0.25, -0.2) is 0 Å². The number of ether oxygens (including phenoxy) is 1. The SMILES string of the molecule is CCOC(=O)C1CC1CN1CCC(C)(c2cccc(C(N)=O)c2)C(C)C1. The van der Waals surface area contributed by atoms with Gasteiger partial charge in [0.15, 0.2) is 0 Å². The first-order chi connectivity index (χ1) is 12.3. The molecule has 1 saturated heterocycles. The average molecular weight is 358 g/mol. The van der Waals surface area contributed by atoms with Gasteiger partial charge in [0.25, 0.3) is 0 Å². The Morgan fingerprint density at radius 3 is 2.81 bits per heavy atom. The fourth-order valence-corrected chi connectivity index (χ4v) is 4.26. The molecule has 1 amide bonds. The van der Waals surface area contributed by atoms with E-state index in [4.69, 9.17) is 10.5 Å². The number of hydrogen-bond donors (Lipinski definition) is 1. The lowest BCUT2D eigenvalue weighted by atomic mass is 9.68. The zero-order valence-electron chi connectivity index (χ0n) is 16.0. The molecule has 0 bridgehead atoms. The molecule has 1 aromatic rings.